The monoisotopic (exact) mass is 331 g/mol. The molecule has 4 nitrogen and oxygen atoms in total. The molecule has 1 saturated heterocycles. The van der Waals surface area contributed by atoms with Crippen molar-refractivity contribution in [3.63, 3.8) is 0 Å². The normalized spacial score (nSPS) is 23.2. The molecule has 3 N–H and O–H groups in total. The molecule has 1 heterocycles. The van der Waals surface area contributed by atoms with E-state index in [1.54, 1.807) is 0 Å². The second-order valence-electron chi connectivity index (χ2n) is 6.13. The van der Waals surface area contributed by atoms with Gasteiger partial charge < -0.3 is 5.32 Å². The van der Waals surface area contributed by atoms with Gasteiger partial charge in [0, 0.05) is 23.6 Å². The van der Waals surface area contributed by atoms with E-state index in [4.69, 9.17) is 0 Å². The lowest BCUT2D eigenvalue weighted by atomic mass is 9.90. The molecule has 3 unspecified atom stereocenters. The number of benzene rings is 2. The van der Waals surface area contributed by atoms with E-state index in [1.807, 2.05) is 32.0 Å². The van der Waals surface area contributed by atoms with E-state index in [9.17, 15) is 13.6 Å². The first kappa shape index (κ1) is 16.5. The first-order valence-corrected chi connectivity index (χ1v) is 7.78. The lowest BCUT2D eigenvalue weighted by Gasteiger charge is -2.23. The third kappa shape index (κ3) is 3.44. The summed E-state index contributed by atoms with van der Waals surface area (Å²) in [6.45, 7) is 4.01. The highest BCUT2D eigenvalue weighted by Gasteiger charge is 2.35. The smallest absolute Gasteiger partial charge is 0.252 e. The molecule has 1 aliphatic heterocycles. The SMILES string of the molecule is Cc1cccc(C2C(C)NNC2NC(=O)c2cc(F)cc(F)c2)c1. The maximum absolute atomic E-state index is 13.3. The summed E-state index contributed by atoms with van der Waals surface area (Å²) in [5.41, 5.74) is 8.30. The number of hydrogen-bond donors (Lipinski definition) is 3. The fraction of sp³-hybridized carbons (Fsp3) is 0.278. The van der Waals surface area contributed by atoms with E-state index in [0.29, 0.717) is 0 Å². The lowest BCUT2D eigenvalue weighted by molar-refractivity contribution is 0.0927. The molecule has 0 aliphatic carbocycles. The van der Waals surface area contributed by atoms with Crippen LogP contribution in [-0.4, -0.2) is 18.1 Å². The number of hydrogen-bond acceptors (Lipinski definition) is 3. The van der Waals surface area contributed by atoms with Crippen LogP contribution in [0.15, 0.2) is 42.5 Å². The number of aryl methyl sites for hydroxylation is 1. The highest BCUT2D eigenvalue weighted by molar-refractivity contribution is 5.94. The van der Waals surface area contributed by atoms with Crippen LogP contribution in [0.5, 0.6) is 0 Å². The van der Waals surface area contributed by atoms with Gasteiger partial charge in [-0.1, -0.05) is 29.8 Å². The van der Waals surface area contributed by atoms with Gasteiger partial charge in [0.1, 0.15) is 17.8 Å². The molecule has 126 valence electrons. The summed E-state index contributed by atoms with van der Waals surface area (Å²) < 4.78 is 26.6. The minimum atomic E-state index is -0.777. The summed E-state index contributed by atoms with van der Waals surface area (Å²) >= 11 is 0. The van der Waals surface area contributed by atoms with E-state index in [1.165, 1.54) is 0 Å². The Morgan fingerprint density at radius 2 is 1.79 bits per heavy atom. The van der Waals surface area contributed by atoms with Gasteiger partial charge in [-0.25, -0.2) is 14.2 Å². The quantitative estimate of drug-likeness (QED) is 0.810. The van der Waals surface area contributed by atoms with Gasteiger partial charge in [0.2, 0.25) is 0 Å². The Hall–Kier alpha value is -2.31. The van der Waals surface area contributed by atoms with Crippen molar-refractivity contribution in [1.82, 2.24) is 16.2 Å². The number of carbonyl (C=O) groups excluding carboxylic acids is 1. The summed E-state index contributed by atoms with van der Waals surface area (Å²) in [5, 5.41) is 2.80. The average molecular weight is 331 g/mol. The van der Waals surface area contributed by atoms with Crippen LogP contribution in [0.1, 0.15) is 34.3 Å². The first-order chi connectivity index (χ1) is 11.4. The molecule has 0 bridgehead atoms. The van der Waals surface area contributed by atoms with Crippen molar-refractivity contribution in [3.05, 3.63) is 70.8 Å². The van der Waals surface area contributed by atoms with Crippen LogP contribution in [0.4, 0.5) is 8.78 Å². The Morgan fingerprint density at radius 3 is 2.46 bits per heavy atom. The summed E-state index contributed by atoms with van der Waals surface area (Å²) in [4.78, 5) is 12.3. The molecule has 1 fully saturated rings. The molecule has 0 saturated carbocycles. The lowest BCUT2D eigenvalue weighted by Crippen LogP contribution is -2.46. The Balaban J connectivity index is 1.81. The summed E-state index contributed by atoms with van der Waals surface area (Å²) in [5.74, 6) is -2.09. The van der Waals surface area contributed by atoms with Crippen LogP contribution in [0.2, 0.25) is 0 Å². The fourth-order valence-electron chi connectivity index (χ4n) is 3.08. The highest BCUT2D eigenvalue weighted by atomic mass is 19.1. The van der Waals surface area contributed by atoms with Crippen molar-refractivity contribution in [2.45, 2.75) is 32.0 Å². The molecular weight excluding hydrogens is 312 g/mol. The van der Waals surface area contributed by atoms with E-state index in [0.717, 1.165) is 29.3 Å². The van der Waals surface area contributed by atoms with Crippen LogP contribution in [0, 0.1) is 18.6 Å². The Morgan fingerprint density at radius 1 is 1.08 bits per heavy atom. The zero-order chi connectivity index (χ0) is 17.3. The molecule has 24 heavy (non-hydrogen) atoms. The van der Waals surface area contributed by atoms with Gasteiger partial charge in [-0.3, -0.25) is 10.2 Å². The van der Waals surface area contributed by atoms with Crippen LogP contribution in [0.3, 0.4) is 0 Å². The molecule has 3 rings (SSSR count). The third-order valence-electron chi connectivity index (χ3n) is 4.20. The van der Waals surface area contributed by atoms with Crippen molar-refractivity contribution in [2.24, 2.45) is 0 Å². The first-order valence-electron chi connectivity index (χ1n) is 7.78. The highest BCUT2D eigenvalue weighted by Crippen LogP contribution is 2.27. The molecule has 0 spiro atoms. The second kappa shape index (κ2) is 6.67. The van der Waals surface area contributed by atoms with Crippen molar-refractivity contribution in [2.75, 3.05) is 0 Å². The standard InChI is InChI=1S/C18H19F2N3O/c1-10-4-3-5-12(6-10)16-11(2)22-23-17(16)21-18(24)13-7-14(19)9-15(20)8-13/h3-9,11,16-17,22-23H,1-2H3,(H,21,24). The summed E-state index contributed by atoms with van der Waals surface area (Å²) in [6, 6.07) is 10.9. The van der Waals surface area contributed by atoms with Crippen molar-refractivity contribution < 1.29 is 13.6 Å². The van der Waals surface area contributed by atoms with Crippen LogP contribution in [-0.2, 0) is 0 Å². The minimum absolute atomic E-state index is 0.00717. The van der Waals surface area contributed by atoms with Gasteiger partial charge >= 0.3 is 0 Å². The number of amides is 1. The van der Waals surface area contributed by atoms with Crippen molar-refractivity contribution in [1.29, 1.82) is 0 Å². The van der Waals surface area contributed by atoms with Crippen LogP contribution < -0.4 is 16.2 Å². The van der Waals surface area contributed by atoms with Gasteiger partial charge in [-0.15, -0.1) is 0 Å². The third-order valence-corrected chi connectivity index (χ3v) is 4.20. The number of carbonyl (C=O) groups is 1. The number of halogens is 2. The Bertz CT molecular complexity index is 745. The van der Waals surface area contributed by atoms with Gasteiger partial charge in [-0.05, 0) is 31.5 Å². The topological polar surface area (TPSA) is 53.2 Å². The van der Waals surface area contributed by atoms with Crippen LogP contribution in [0.25, 0.3) is 0 Å². The molecule has 6 heteroatoms. The van der Waals surface area contributed by atoms with Gasteiger partial charge in [-0.2, -0.15) is 0 Å². The van der Waals surface area contributed by atoms with Gasteiger partial charge in [0.05, 0.1) is 0 Å². The largest absolute Gasteiger partial charge is 0.335 e. The fourth-order valence-corrected chi connectivity index (χ4v) is 3.08. The van der Waals surface area contributed by atoms with Crippen LogP contribution >= 0.6 is 0 Å². The maximum Gasteiger partial charge on any atom is 0.252 e. The molecule has 0 radical (unpaired) electrons. The number of hydrazine groups is 1. The summed E-state index contributed by atoms with van der Waals surface area (Å²) in [7, 11) is 0. The predicted molar refractivity (Wildman–Crippen MR) is 87.3 cm³/mol. The molecule has 0 aromatic heterocycles. The maximum atomic E-state index is 13.3. The van der Waals surface area contributed by atoms with E-state index in [-0.39, 0.29) is 23.7 Å². The minimum Gasteiger partial charge on any atom is -0.335 e. The molecule has 3 atom stereocenters. The Labute approximate surface area is 139 Å². The van der Waals surface area contributed by atoms with Gasteiger partial charge in [0.25, 0.3) is 5.91 Å². The van der Waals surface area contributed by atoms with E-state index < -0.39 is 17.5 Å². The predicted octanol–water partition coefficient (Wildman–Crippen LogP) is 2.61. The average Bonchev–Trinajstić information content (AvgIpc) is 2.87. The van der Waals surface area contributed by atoms with Crippen molar-refractivity contribution in [3.8, 4) is 0 Å². The summed E-state index contributed by atoms with van der Waals surface area (Å²) in [6.07, 6.45) is -0.388. The molecule has 1 amide bonds. The number of rotatable bonds is 3. The zero-order valence-corrected chi connectivity index (χ0v) is 13.4. The second-order valence-corrected chi connectivity index (χ2v) is 6.13. The Kier molecular flexibility index (Phi) is 4.59. The molecule has 2 aromatic carbocycles. The van der Waals surface area contributed by atoms with E-state index in [2.05, 4.69) is 22.2 Å². The van der Waals surface area contributed by atoms with Gasteiger partial charge in [0.15, 0.2) is 0 Å². The molecular formula is C18H19F2N3O. The zero-order valence-electron chi connectivity index (χ0n) is 13.4. The molecule has 2 aromatic rings. The van der Waals surface area contributed by atoms with Crippen molar-refractivity contribution >= 4 is 5.91 Å². The number of nitrogens with one attached hydrogen (secondary N) is 3. The molecule has 1 aliphatic rings. The van der Waals surface area contributed by atoms with E-state index >= 15 is 0 Å².